The van der Waals surface area contributed by atoms with E-state index in [-0.39, 0.29) is 0 Å². The summed E-state index contributed by atoms with van der Waals surface area (Å²) >= 11 is 0. The van der Waals surface area contributed by atoms with Crippen molar-refractivity contribution < 1.29 is 0 Å². The molecule has 0 radical (unpaired) electrons. The number of nitrogens with one attached hydrogen (secondary N) is 1. The fourth-order valence-electron chi connectivity index (χ4n) is 3.52. The molecule has 2 heterocycles. The molecule has 1 saturated heterocycles. The quantitative estimate of drug-likeness (QED) is 0.860. The predicted octanol–water partition coefficient (Wildman–Crippen LogP) is 2.61. The third-order valence-corrected chi connectivity index (χ3v) is 4.70. The van der Waals surface area contributed by atoms with Crippen molar-refractivity contribution in [3.05, 3.63) is 35.4 Å². The number of fused-ring (bicyclic) bond motifs is 1. The molecule has 0 amide bonds. The van der Waals surface area contributed by atoms with Crippen LogP contribution in [0.5, 0.6) is 0 Å². The van der Waals surface area contributed by atoms with Crippen LogP contribution < -0.4 is 5.32 Å². The van der Waals surface area contributed by atoms with Gasteiger partial charge in [-0.25, -0.2) is 0 Å². The second-order valence-electron chi connectivity index (χ2n) is 5.87. The third-order valence-electron chi connectivity index (χ3n) is 4.70. The molecule has 2 heteroatoms. The van der Waals surface area contributed by atoms with Gasteiger partial charge < -0.3 is 5.32 Å². The minimum absolute atomic E-state index is 0.651. The number of hydrogen-bond acceptors (Lipinski definition) is 2. The molecule has 0 aromatic heterocycles. The van der Waals surface area contributed by atoms with Gasteiger partial charge in [-0.05, 0) is 62.9 Å². The molecule has 0 bridgehead atoms. The third kappa shape index (κ3) is 2.45. The van der Waals surface area contributed by atoms with Crippen molar-refractivity contribution in [1.82, 2.24) is 10.2 Å². The summed E-state index contributed by atoms with van der Waals surface area (Å²) < 4.78 is 0. The van der Waals surface area contributed by atoms with Gasteiger partial charge in [0.2, 0.25) is 0 Å². The van der Waals surface area contributed by atoms with Crippen molar-refractivity contribution in [1.29, 1.82) is 0 Å². The summed E-state index contributed by atoms with van der Waals surface area (Å²) in [6, 6.07) is 9.70. The van der Waals surface area contributed by atoms with Gasteiger partial charge >= 0.3 is 0 Å². The molecule has 1 fully saturated rings. The van der Waals surface area contributed by atoms with Crippen LogP contribution in [0.1, 0.15) is 36.4 Å². The van der Waals surface area contributed by atoms with E-state index in [2.05, 4.69) is 41.5 Å². The van der Waals surface area contributed by atoms with Gasteiger partial charge in [-0.2, -0.15) is 0 Å². The molecule has 98 valence electrons. The Kier molecular flexibility index (Phi) is 3.67. The largest absolute Gasteiger partial charge is 0.317 e. The summed E-state index contributed by atoms with van der Waals surface area (Å²) in [4.78, 5) is 2.56. The highest BCUT2D eigenvalue weighted by Gasteiger charge is 2.27. The van der Waals surface area contributed by atoms with Crippen LogP contribution in [0.3, 0.4) is 0 Å². The van der Waals surface area contributed by atoms with Gasteiger partial charge in [0.15, 0.2) is 0 Å². The average Bonchev–Trinajstić information content (AvgIpc) is 2.43. The van der Waals surface area contributed by atoms with Crippen molar-refractivity contribution in [2.24, 2.45) is 5.92 Å². The van der Waals surface area contributed by atoms with Crippen LogP contribution in [0.25, 0.3) is 0 Å². The molecule has 0 saturated carbocycles. The molecule has 1 aromatic rings. The first kappa shape index (κ1) is 12.2. The molecule has 1 unspecified atom stereocenters. The van der Waals surface area contributed by atoms with Crippen LogP contribution in [-0.2, 0) is 6.42 Å². The molecule has 1 N–H and O–H groups in total. The Morgan fingerprint density at radius 2 is 2.00 bits per heavy atom. The summed E-state index contributed by atoms with van der Waals surface area (Å²) in [6.45, 7) is 3.64. The standard InChI is InChI=1S/C16H24N2/c1-18-11-8-14-4-2-3-5-15(14)16(18)12-13-6-9-17-10-7-13/h2-5,13,16-17H,6-12H2,1H3. The summed E-state index contributed by atoms with van der Waals surface area (Å²) in [6.07, 6.45) is 5.27. The summed E-state index contributed by atoms with van der Waals surface area (Å²) in [5.41, 5.74) is 3.17. The molecule has 2 nitrogen and oxygen atoms in total. The monoisotopic (exact) mass is 244 g/mol. The number of rotatable bonds is 2. The van der Waals surface area contributed by atoms with Crippen LogP contribution in [0.15, 0.2) is 24.3 Å². The normalized spacial score (nSPS) is 25.9. The lowest BCUT2D eigenvalue weighted by Gasteiger charge is -2.37. The Bertz CT molecular complexity index is 396. The molecule has 0 spiro atoms. The molecule has 3 rings (SSSR count). The van der Waals surface area contributed by atoms with Crippen LogP contribution in [0, 0.1) is 5.92 Å². The maximum atomic E-state index is 3.47. The molecular weight excluding hydrogens is 220 g/mol. The maximum Gasteiger partial charge on any atom is 0.0350 e. The fourth-order valence-corrected chi connectivity index (χ4v) is 3.52. The molecular formula is C16H24N2. The zero-order valence-corrected chi connectivity index (χ0v) is 11.4. The Morgan fingerprint density at radius 3 is 2.83 bits per heavy atom. The SMILES string of the molecule is CN1CCc2ccccc2C1CC1CCNCC1. The van der Waals surface area contributed by atoms with E-state index in [1.165, 1.54) is 45.3 Å². The van der Waals surface area contributed by atoms with Crippen LogP contribution >= 0.6 is 0 Å². The second-order valence-corrected chi connectivity index (χ2v) is 5.87. The first-order valence-corrected chi connectivity index (χ1v) is 7.33. The minimum atomic E-state index is 0.651. The van der Waals surface area contributed by atoms with E-state index in [9.17, 15) is 0 Å². The lowest BCUT2D eigenvalue weighted by molar-refractivity contribution is 0.181. The number of benzene rings is 1. The average molecular weight is 244 g/mol. The topological polar surface area (TPSA) is 15.3 Å². The fraction of sp³-hybridized carbons (Fsp3) is 0.625. The van der Waals surface area contributed by atoms with Gasteiger partial charge in [0, 0.05) is 12.6 Å². The smallest absolute Gasteiger partial charge is 0.0350 e. The first-order valence-electron chi connectivity index (χ1n) is 7.33. The summed E-state index contributed by atoms with van der Waals surface area (Å²) in [5.74, 6) is 0.907. The highest BCUT2D eigenvalue weighted by Crippen LogP contribution is 2.35. The van der Waals surface area contributed by atoms with Crippen molar-refractivity contribution in [3.8, 4) is 0 Å². The van der Waals surface area contributed by atoms with Crippen LogP contribution in [0.4, 0.5) is 0 Å². The molecule has 2 aliphatic heterocycles. The summed E-state index contributed by atoms with van der Waals surface area (Å²) in [5, 5.41) is 3.47. The molecule has 2 aliphatic rings. The van der Waals surface area contributed by atoms with Gasteiger partial charge in [0.05, 0.1) is 0 Å². The number of nitrogens with zero attached hydrogens (tertiary/aromatic N) is 1. The van der Waals surface area contributed by atoms with E-state index in [1.54, 1.807) is 11.1 Å². The Labute approximate surface area is 110 Å². The Morgan fingerprint density at radius 1 is 1.22 bits per heavy atom. The van der Waals surface area contributed by atoms with E-state index in [0.717, 1.165) is 5.92 Å². The first-order chi connectivity index (χ1) is 8.84. The Hall–Kier alpha value is -0.860. The number of likely N-dealkylation sites (N-methyl/N-ethyl adjacent to an activating group) is 1. The van der Waals surface area contributed by atoms with E-state index >= 15 is 0 Å². The molecule has 18 heavy (non-hydrogen) atoms. The van der Waals surface area contributed by atoms with Crippen molar-refractivity contribution in [2.45, 2.75) is 31.7 Å². The lowest BCUT2D eigenvalue weighted by atomic mass is 9.84. The van der Waals surface area contributed by atoms with Crippen LogP contribution in [-0.4, -0.2) is 31.6 Å². The van der Waals surface area contributed by atoms with Gasteiger partial charge in [-0.15, -0.1) is 0 Å². The molecule has 1 aromatic carbocycles. The summed E-state index contributed by atoms with van der Waals surface area (Å²) in [7, 11) is 2.29. The van der Waals surface area contributed by atoms with Gasteiger partial charge in [-0.3, -0.25) is 4.90 Å². The van der Waals surface area contributed by atoms with E-state index < -0.39 is 0 Å². The van der Waals surface area contributed by atoms with Gasteiger partial charge in [0.1, 0.15) is 0 Å². The number of piperidine rings is 1. The van der Waals surface area contributed by atoms with E-state index in [4.69, 9.17) is 0 Å². The highest BCUT2D eigenvalue weighted by molar-refractivity contribution is 5.32. The van der Waals surface area contributed by atoms with E-state index in [0.29, 0.717) is 6.04 Å². The lowest BCUT2D eigenvalue weighted by Crippen LogP contribution is -2.35. The zero-order valence-electron chi connectivity index (χ0n) is 11.4. The van der Waals surface area contributed by atoms with Crippen LogP contribution in [0.2, 0.25) is 0 Å². The van der Waals surface area contributed by atoms with E-state index in [1.807, 2.05) is 0 Å². The highest BCUT2D eigenvalue weighted by atomic mass is 15.1. The maximum absolute atomic E-state index is 3.47. The van der Waals surface area contributed by atoms with Gasteiger partial charge in [0.25, 0.3) is 0 Å². The number of hydrogen-bond donors (Lipinski definition) is 1. The molecule has 0 aliphatic carbocycles. The predicted molar refractivity (Wildman–Crippen MR) is 75.7 cm³/mol. The van der Waals surface area contributed by atoms with Gasteiger partial charge in [-0.1, -0.05) is 24.3 Å². The van der Waals surface area contributed by atoms with Crippen molar-refractivity contribution >= 4 is 0 Å². The Balaban J connectivity index is 1.77. The van der Waals surface area contributed by atoms with Crippen molar-refractivity contribution in [2.75, 3.05) is 26.7 Å². The minimum Gasteiger partial charge on any atom is -0.317 e. The van der Waals surface area contributed by atoms with Crippen molar-refractivity contribution in [3.63, 3.8) is 0 Å². The zero-order chi connectivity index (χ0) is 12.4. The molecule has 1 atom stereocenters. The second kappa shape index (κ2) is 5.41.